The molecular formula is C14H20ClNO8. The number of hydrogen-bond donors (Lipinski definition) is 2. The Morgan fingerprint density at radius 1 is 1.12 bits per heavy atom. The van der Waals surface area contributed by atoms with E-state index < -0.39 is 59.6 Å². The molecule has 2 N–H and O–H groups in total. The number of rotatable bonds is 5. The molecule has 0 aromatic heterocycles. The summed E-state index contributed by atoms with van der Waals surface area (Å²) in [5.41, 5.74) is -3.34. The molecule has 0 aromatic carbocycles. The van der Waals surface area contributed by atoms with Crippen molar-refractivity contribution < 1.29 is 38.5 Å². The van der Waals surface area contributed by atoms with Crippen molar-refractivity contribution in [2.45, 2.75) is 57.1 Å². The van der Waals surface area contributed by atoms with Crippen LogP contribution in [0.3, 0.4) is 0 Å². The molecule has 5 atom stereocenters. The fourth-order valence-electron chi connectivity index (χ4n) is 2.52. The highest BCUT2D eigenvalue weighted by Gasteiger charge is 2.60. The van der Waals surface area contributed by atoms with E-state index in [2.05, 4.69) is 5.32 Å². The number of nitrogens with one attached hydrogen (secondary N) is 1. The van der Waals surface area contributed by atoms with E-state index in [1.54, 1.807) is 0 Å². The Bertz CT molecular complexity index is 539. The van der Waals surface area contributed by atoms with Crippen LogP contribution >= 0.6 is 11.6 Å². The molecule has 10 heteroatoms. The van der Waals surface area contributed by atoms with Gasteiger partial charge in [-0.2, -0.15) is 0 Å². The molecule has 9 nitrogen and oxygen atoms in total. The smallest absolute Gasteiger partial charge is 0.303 e. The lowest BCUT2D eigenvalue weighted by atomic mass is 9.83. The molecule has 0 bridgehead atoms. The van der Waals surface area contributed by atoms with Crippen LogP contribution in [0.4, 0.5) is 0 Å². The van der Waals surface area contributed by atoms with Crippen LogP contribution in [-0.4, -0.2) is 64.8 Å². The highest BCUT2D eigenvalue weighted by atomic mass is 35.5. The van der Waals surface area contributed by atoms with Crippen molar-refractivity contribution in [2.24, 2.45) is 0 Å². The monoisotopic (exact) mass is 365 g/mol. The van der Waals surface area contributed by atoms with Crippen molar-refractivity contribution in [3.8, 4) is 0 Å². The molecule has 1 heterocycles. The molecule has 0 aromatic rings. The third-order valence-corrected chi connectivity index (χ3v) is 3.87. The quantitative estimate of drug-likeness (QED) is 0.482. The van der Waals surface area contributed by atoms with E-state index in [9.17, 15) is 24.3 Å². The Morgan fingerprint density at radius 2 is 1.67 bits per heavy atom. The molecule has 1 aliphatic rings. The van der Waals surface area contributed by atoms with Gasteiger partial charge in [-0.05, 0) is 6.92 Å². The van der Waals surface area contributed by atoms with Crippen molar-refractivity contribution >= 4 is 35.2 Å². The van der Waals surface area contributed by atoms with Gasteiger partial charge in [0.25, 0.3) is 0 Å². The lowest BCUT2D eigenvalue weighted by molar-refractivity contribution is -0.241. The standard InChI is InChI=1S/C14H20ClNO8/c1-6(18)14(5-17)12(23-9(4)21)11(22-8(3)20)10(13(15)24-14)16-7(2)19/h10-13,17H,5H2,1-4H3,(H,16,19)/t10-,11+,12-,13-,14-/m0/s1. The van der Waals surface area contributed by atoms with Crippen LogP contribution < -0.4 is 5.32 Å². The lowest BCUT2D eigenvalue weighted by Gasteiger charge is -2.48. The van der Waals surface area contributed by atoms with E-state index in [0.717, 1.165) is 20.8 Å². The van der Waals surface area contributed by atoms with Crippen LogP contribution in [0.5, 0.6) is 0 Å². The first-order chi connectivity index (χ1) is 11.0. The van der Waals surface area contributed by atoms with E-state index >= 15 is 0 Å². The van der Waals surface area contributed by atoms with Crippen LogP contribution in [0.25, 0.3) is 0 Å². The molecule has 0 saturated carbocycles. The summed E-state index contributed by atoms with van der Waals surface area (Å²) in [4.78, 5) is 46.4. The number of carbonyl (C=O) groups excluding carboxylic acids is 4. The summed E-state index contributed by atoms with van der Waals surface area (Å²) < 4.78 is 15.6. The van der Waals surface area contributed by atoms with E-state index in [-0.39, 0.29) is 0 Å². The van der Waals surface area contributed by atoms with Gasteiger partial charge >= 0.3 is 11.9 Å². The van der Waals surface area contributed by atoms with Gasteiger partial charge in [-0.15, -0.1) is 0 Å². The third kappa shape index (κ3) is 4.22. The van der Waals surface area contributed by atoms with Gasteiger partial charge < -0.3 is 24.6 Å². The summed E-state index contributed by atoms with van der Waals surface area (Å²) >= 11 is 6.08. The lowest BCUT2D eigenvalue weighted by Crippen LogP contribution is -2.72. The van der Waals surface area contributed by atoms with Crippen molar-refractivity contribution in [2.75, 3.05) is 6.61 Å². The van der Waals surface area contributed by atoms with Gasteiger partial charge in [0.1, 0.15) is 6.04 Å². The molecule has 136 valence electrons. The molecule has 0 unspecified atom stereocenters. The molecule has 0 radical (unpaired) electrons. The van der Waals surface area contributed by atoms with E-state index in [0.29, 0.717) is 0 Å². The fourth-order valence-corrected chi connectivity index (χ4v) is 2.88. The van der Waals surface area contributed by atoms with Gasteiger partial charge in [-0.1, -0.05) is 11.6 Å². The van der Waals surface area contributed by atoms with Gasteiger partial charge in [0, 0.05) is 20.8 Å². The predicted molar refractivity (Wildman–Crippen MR) is 79.9 cm³/mol. The SMILES string of the molecule is CC(=O)N[C@H]1[C@@H](OC(C)=O)[C@H](OC(C)=O)[C@](CO)(C(C)=O)O[C@@H]1Cl. The molecular weight excluding hydrogens is 346 g/mol. The van der Waals surface area contributed by atoms with E-state index in [1.807, 2.05) is 0 Å². The van der Waals surface area contributed by atoms with Crippen LogP contribution in [0.2, 0.25) is 0 Å². The number of ketones is 1. The van der Waals surface area contributed by atoms with Crippen molar-refractivity contribution in [1.29, 1.82) is 0 Å². The third-order valence-electron chi connectivity index (χ3n) is 3.51. The number of esters is 2. The van der Waals surface area contributed by atoms with E-state index in [4.69, 9.17) is 25.8 Å². The maximum absolute atomic E-state index is 12.1. The van der Waals surface area contributed by atoms with Crippen LogP contribution in [0.1, 0.15) is 27.7 Å². The number of aliphatic hydroxyl groups is 1. The zero-order chi connectivity index (χ0) is 18.7. The number of hydrogen-bond acceptors (Lipinski definition) is 8. The van der Waals surface area contributed by atoms with E-state index in [1.165, 1.54) is 6.92 Å². The number of aliphatic hydroxyl groups excluding tert-OH is 1. The second-order valence-electron chi connectivity index (χ2n) is 5.40. The van der Waals surface area contributed by atoms with Crippen LogP contribution in [-0.2, 0) is 33.4 Å². The maximum atomic E-state index is 12.1. The molecule has 1 rings (SSSR count). The summed E-state index contributed by atoms with van der Waals surface area (Å²) in [6.07, 6.45) is -2.82. The Balaban J connectivity index is 3.42. The topological polar surface area (TPSA) is 128 Å². The van der Waals surface area contributed by atoms with Crippen molar-refractivity contribution in [3.63, 3.8) is 0 Å². The van der Waals surface area contributed by atoms with Gasteiger partial charge in [0.15, 0.2) is 29.2 Å². The molecule has 0 spiro atoms. The predicted octanol–water partition coefficient (Wildman–Crippen LogP) is -0.730. The molecule has 1 aliphatic heterocycles. The van der Waals surface area contributed by atoms with Gasteiger partial charge in [0.05, 0.1) is 6.61 Å². The first-order valence-electron chi connectivity index (χ1n) is 7.10. The van der Waals surface area contributed by atoms with Crippen molar-refractivity contribution in [3.05, 3.63) is 0 Å². The number of Topliss-reactive ketones (excluding diaryl/α,β-unsaturated/α-hetero) is 1. The summed E-state index contributed by atoms with van der Waals surface area (Å²) in [6, 6.07) is -1.10. The Morgan fingerprint density at radius 3 is 2.04 bits per heavy atom. The Hall–Kier alpha value is -1.71. The normalized spacial score (nSPS) is 32.6. The fraction of sp³-hybridized carbons (Fsp3) is 0.714. The maximum Gasteiger partial charge on any atom is 0.303 e. The summed E-state index contributed by atoms with van der Waals surface area (Å²) in [7, 11) is 0. The largest absolute Gasteiger partial charge is 0.456 e. The minimum Gasteiger partial charge on any atom is -0.456 e. The zero-order valence-electron chi connectivity index (χ0n) is 13.7. The van der Waals surface area contributed by atoms with Gasteiger partial charge in [0.2, 0.25) is 5.91 Å². The van der Waals surface area contributed by atoms with Gasteiger partial charge in [-0.3, -0.25) is 19.2 Å². The zero-order valence-corrected chi connectivity index (χ0v) is 14.5. The minimum atomic E-state index is -2.02. The second kappa shape index (κ2) is 7.91. The Labute approximate surface area is 143 Å². The van der Waals surface area contributed by atoms with Gasteiger partial charge in [-0.25, -0.2) is 0 Å². The first kappa shape index (κ1) is 20.3. The molecule has 1 amide bonds. The van der Waals surface area contributed by atoms with Crippen molar-refractivity contribution in [1.82, 2.24) is 5.32 Å². The summed E-state index contributed by atoms with van der Waals surface area (Å²) in [5, 5.41) is 12.1. The highest BCUT2D eigenvalue weighted by molar-refractivity contribution is 6.20. The second-order valence-corrected chi connectivity index (χ2v) is 5.83. The summed E-state index contributed by atoms with van der Waals surface area (Å²) in [5.74, 6) is -2.74. The number of carbonyl (C=O) groups is 4. The molecule has 24 heavy (non-hydrogen) atoms. The van der Waals surface area contributed by atoms with Crippen LogP contribution in [0.15, 0.2) is 0 Å². The van der Waals surface area contributed by atoms with Crippen LogP contribution in [0, 0.1) is 0 Å². The first-order valence-corrected chi connectivity index (χ1v) is 7.54. The number of halogens is 1. The minimum absolute atomic E-state index is 0.507. The molecule has 1 fully saturated rings. The Kier molecular flexibility index (Phi) is 6.70. The highest BCUT2D eigenvalue weighted by Crippen LogP contribution is 2.36. The average Bonchev–Trinajstić information content (AvgIpc) is 2.44. The molecule has 0 aliphatic carbocycles. The average molecular weight is 366 g/mol. The number of amides is 1. The number of alkyl halides is 1. The molecule has 1 saturated heterocycles. The summed E-state index contributed by atoms with van der Waals surface area (Å²) in [6.45, 7) is 3.62. The number of ether oxygens (including phenoxy) is 3.